The van der Waals surface area contributed by atoms with Crippen molar-refractivity contribution in [2.45, 2.75) is 23.7 Å². The average molecular weight is 354 g/mol. The molecule has 0 rings (SSSR count). The lowest BCUT2D eigenvalue weighted by molar-refractivity contribution is -0.0194. The Morgan fingerprint density at radius 1 is 0.850 bits per heavy atom. The van der Waals surface area contributed by atoms with Crippen molar-refractivity contribution in [3.05, 3.63) is 0 Å². The highest BCUT2D eigenvalue weighted by Gasteiger charge is 2.51. The number of hydrogen-bond acceptors (Lipinski definition) is 6. The average Bonchev–Trinajstić information content (AvgIpc) is 2.26. The van der Waals surface area contributed by atoms with Crippen LogP contribution in [-0.2, 0) is 28.6 Å². The molecule has 0 bridgehead atoms. The Balaban J connectivity index is 5.05. The Labute approximate surface area is 109 Å². The fourth-order valence-corrected chi connectivity index (χ4v) is 2.04. The highest BCUT2D eigenvalue weighted by Crippen LogP contribution is 2.28. The fraction of sp³-hybridized carbons (Fsp3) is 1.00. The molecule has 122 valence electrons. The molecule has 0 aromatic heterocycles. The maximum Gasteiger partial charge on any atom is 0.397 e. The summed E-state index contributed by atoms with van der Waals surface area (Å²) in [6.45, 7) is -5.05. The minimum Gasteiger partial charge on any atom is -0.243 e. The van der Waals surface area contributed by atoms with Gasteiger partial charge >= 0.3 is 30.7 Å². The molecule has 0 saturated heterocycles. The van der Waals surface area contributed by atoms with Gasteiger partial charge in [-0.1, -0.05) is 0 Å². The molecule has 0 aliphatic rings. The minimum atomic E-state index is -5.97. The summed E-state index contributed by atoms with van der Waals surface area (Å²) in [5.74, 6) is 0. The quantitative estimate of drug-likeness (QED) is 0.369. The van der Waals surface area contributed by atoms with Crippen LogP contribution < -0.4 is 0 Å². The van der Waals surface area contributed by atoms with E-state index in [4.69, 9.17) is 0 Å². The predicted octanol–water partition coefficient (Wildman–Crippen LogP) is 1.15. The van der Waals surface area contributed by atoms with E-state index in [-0.39, 0.29) is 0 Å². The van der Waals surface area contributed by atoms with E-state index >= 15 is 0 Å². The van der Waals surface area contributed by atoms with Gasteiger partial charge in [-0.3, -0.25) is 0 Å². The van der Waals surface area contributed by atoms with Gasteiger partial charge in [0.2, 0.25) is 0 Å². The molecule has 6 nitrogen and oxygen atoms in total. The molecular formula is C6H8F6O6S2. The molecule has 0 aromatic rings. The lowest BCUT2D eigenvalue weighted by Crippen LogP contribution is -2.39. The first kappa shape index (κ1) is 19.4. The van der Waals surface area contributed by atoms with Crippen molar-refractivity contribution in [2.75, 3.05) is 13.3 Å². The summed E-state index contributed by atoms with van der Waals surface area (Å²) in [5, 5.41) is -10.1. The Kier molecular flexibility index (Phi) is 5.85. The summed E-state index contributed by atoms with van der Waals surface area (Å²) in [6, 6.07) is 0. The van der Waals surface area contributed by atoms with Crippen LogP contribution in [0.15, 0.2) is 0 Å². The Hall–Kier alpha value is -0.600. The lowest BCUT2D eigenvalue weighted by Gasteiger charge is -2.19. The highest BCUT2D eigenvalue weighted by atomic mass is 32.2. The van der Waals surface area contributed by atoms with Gasteiger partial charge in [0.1, 0.15) is 0 Å². The van der Waals surface area contributed by atoms with Gasteiger partial charge in [0.25, 0.3) is 0 Å². The van der Waals surface area contributed by atoms with E-state index in [0.717, 1.165) is 0 Å². The second-order valence-corrected chi connectivity index (χ2v) is 6.61. The van der Waals surface area contributed by atoms with Crippen molar-refractivity contribution in [3.63, 3.8) is 0 Å². The summed E-state index contributed by atoms with van der Waals surface area (Å²) in [6.07, 6.45) is -2.68. The zero-order chi connectivity index (χ0) is 16.4. The number of rotatable bonds is 8. The second-order valence-electron chi connectivity index (χ2n) is 3.21. The Bertz CT molecular complexity index is 480. The first-order chi connectivity index (χ1) is 8.72. The minimum absolute atomic E-state index is 0.345. The van der Waals surface area contributed by atoms with Gasteiger partial charge in [-0.05, 0) is 6.92 Å². The van der Waals surface area contributed by atoms with Gasteiger partial charge in [-0.25, -0.2) is 17.1 Å². The molecule has 0 fully saturated rings. The van der Waals surface area contributed by atoms with Crippen LogP contribution >= 0.6 is 0 Å². The van der Waals surface area contributed by atoms with Gasteiger partial charge in [0.15, 0.2) is 19.6 Å². The molecule has 14 heteroatoms. The van der Waals surface area contributed by atoms with Crippen molar-refractivity contribution in [1.82, 2.24) is 0 Å². The van der Waals surface area contributed by atoms with Gasteiger partial charge in [0.05, 0.1) is 0 Å². The Morgan fingerprint density at radius 3 is 1.30 bits per heavy atom. The fourth-order valence-electron chi connectivity index (χ4n) is 0.647. The standard InChI is InChI=1S/C6H8F6O6S2/c1-4(17-19(13,14)5(9,10)2-7)18-20(15,16)6(11,12)3-8/h4H,2-3H2,1H3. The molecule has 0 aliphatic carbocycles. The molecule has 0 radical (unpaired) electrons. The maximum absolute atomic E-state index is 12.5. The van der Waals surface area contributed by atoms with E-state index in [2.05, 4.69) is 8.37 Å². The first-order valence-electron chi connectivity index (χ1n) is 4.45. The summed E-state index contributed by atoms with van der Waals surface area (Å²) in [5.41, 5.74) is 0. The van der Waals surface area contributed by atoms with E-state index in [9.17, 15) is 43.2 Å². The summed E-state index contributed by atoms with van der Waals surface area (Å²) in [4.78, 5) is 0. The second kappa shape index (κ2) is 6.03. The van der Waals surface area contributed by atoms with Gasteiger partial charge < -0.3 is 0 Å². The van der Waals surface area contributed by atoms with Crippen LogP contribution in [0.5, 0.6) is 0 Å². The van der Waals surface area contributed by atoms with Crippen LogP contribution in [0.2, 0.25) is 0 Å². The van der Waals surface area contributed by atoms with Crippen molar-refractivity contribution >= 4 is 20.2 Å². The molecule has 0 saturated carbocycles. The maximum atomic E-state index is 12.5. The van der Waals surface area contributed by atoms with Crippen molar-refractivity contribution < 1.29 is 51.5 Å². The van der Waals surface area contributed by atoms with E-state index in [1.54, 1.807) is 0 Å². The van der Waals surface area contributed by atoms with Crippen LogP contribution in [0, 0.1) is 0 Å². The molecule has 0 N–H and O–H groups in total. The predicted molar refractivity (Wildman–Crippen MR) is 51.3 cm³/mol. The SMILES string of the molecule is CC(OS(=O)(=O)C(F)(F)CF)OS(=O)(=O)C(F)(F)CF. The van der Waals surface area contributed by atoms with Crippen molar-refractivity contribution in [2.24, 2.45) is 0 Å². The number of hydrogen-bond donors (Lipinski definition) is 0. The van der Waals surface area contributed by atoms with Crippen LogP contribution in [0.4, 0.5) is 26.3 Å². The van der Waals surface area contributed by atoms with Crippen molar-refractivity contribution in [3.8, 4) is 0 Å². The molecule has 0 unspecified atom stereocenters. The van der Waals surface area contributed by atoms with E-state index in [1.165, 1.54) is 0 Å². The molecule has 0 amide bonds. The molecule has 20 heavy (non-hydrogen) atoms. The molecule has 0 atom stereocenters. The van der Waals surface area contributed by atoms with Crippen LogP contribution in [-0.4, -0.2) is 47.0 Å². The van der Waals surface area contributed by atoms with Crippen LogP contribution in [0.25, 0.3) is 0 Å². The molecule has 0 heterocycles. The summed E-state index contributed by atoms with van der Waals surface area (Å²) < 4.78 is 123. The summed E-state index contributed by atoms with van der Waals surface area (Å²) in [7, 11) is -11.9. The normalized spacial score (nSPS) is 14.8. The molecule has 0 aromatic carbocycles. The van der Waals surface area contributed by atoms with Gasteiger partial charge in [0, 0.05) is 0 Å². The number of alkyl halides is 6. The zero-order valence-electron chi connectivity index (χ0n) is 9.53. The largest absolute Gasteiger partial charge is 0.397 e. The lowest BCUT2D eigenvalue weighted by atomic mass is 10.8. The summed E-state index contributed by atoms with van der Waals surface area (Å²) >= 11 is 0. The van der Waals surface area contributed by atoms with E-state index in [1.807, 2.05) is 0 Å². The van der Waals surface area contributed by atoms with Gasteiger partial charge in [-0.15, -0.1) is 0 Å². The van der Waals surface area contributed by atoms with Gasteiger partial charge in [-0.2, -0.15) is 34.4 Å². The van der Waals surface area contributed by atoms with E-state index in [0.29, 0.717) is 6.92 Å². The zero-order valence-corrected chi connectivity index (χ0v) is 11.2. The first-order valence-corrected chi connectivity index (χ1v) is 7.27. The monoisotopic (exact) mass is 354 g/mol. The highest BCUT2D eigenvalue weighted by molar-refractivity contribution is 7.88. The Morgan fingerprint density at radius 2 is 1.10 bits per heavy atom. The molecule has 0 aliphatic heterocycles. The van der Waals surface area contributed by atoms with Crippen molar-refractivity contribution in [1.29, 1.82) is 0 Å². The topological polar surface area (TPSA) is 86.7 Å². The molecule has 0 spiro atoms. The third-order valence-electron chi connectivity index (χ3n) is 1.57. The van der Waals surface area contributed by atoms with E-state index < -0.39 is 50.4 Å². The van der Waals surface area contributed by atoms with Crippen LogP contribution in [0.3, 0.4) is 0 Å². The van der Waals surface area contributed by atoms with Crippen LogP contribution in [0.1, 0.15) is 6.92 Å². The third-order valence-corrected chi connectivity index (χ3v) is 4.30. The molecular weight excluding hydrogens is 346 g/mol. The number of halogens is 6. The third kappa shape index (κ3) is 4.20. The smallest absolute Gasteiger partial charge is 0.243 e.